The van der Waals surface area contributed by atoms with Gasteiger partial charge in [-0.1, -0.05) is 57.6 Å². The first-order valence-corrected chi connectivity index (χ1v) is 16.5. The minimum Gasteiger partial charge on any atom is -0.494 e. The zero-order valence-electron chi connectivity index (χ0n) is 24.1. The van der Waals surface area contributed by atoms with Crippen LogP contribution in [0.25, 0.3) is 6.08 Å². The third kappa shape index (κ3) is 6.52. The molecule has 0 unspecified atom stereocenters. The SMILES string of the molecule is CCOC(=O)C1=C(C)N=c2s/c(=C\c3cc(Br)cc(I)c3OCc3ccccc3C#N)c(=O)n2[C@H]1c1ccc(OCC)cc1. The zero-order chi connectivity index (χ0) is 31.4. The van der Waals surface area contributed by atoms with E-state index in [9.17, 15) is 14.9 Å². The Hall–Kier alpha value is -3.73. The molecule has 44 heavy (non-hydrogen) atoms. The first-order valence-electron chi connectivity index (χ1n) is 13.8. The summed E-state index contributed by atoms with van der Waals surface area (Å²) < 4.78 is 20.9. The molecule has 0 radical (unpaired) electrons. The topological polar surface area (TPSA) is 103 Å². The Morgan fingerprint density at radius 1 is 1.14 bits per heavy atom. The van der Waals surface area contributed by atoms with Crippen LogP contribution in [0.1, 0.15) is 49.1 Å². The second-order valence-corrected chi connectivity index (χ2v) is 12.8. The van der Waals surface area contributed by atoms with Crippen molar-refractivity contribution in [3.8, 4) is 17.6 Å². The quantitative estimate of drug-likeness (QED) is 0.152. The van der Waals surface area contributed by atoms with Crippen LogP contribution in [0.2, 0.25) is 0 Å². The number of nitrogens with zero attached hydrogens (tertiary/aromatic N) is 3. The molecule has 2 heterocycles. The van der Waals surface area contributed by atoms with E-state index in [0.29, 0.717) is 49.8 Å². The standard InChI is InChI=1S/C33H27BrIN3O5S/c1-4-41-25-12-10-20(11-13-25)29-28(32(40)42-5-2)19(3)37-33-38(29)31(39)27(44-33)15-23-14-24(34)16-26(35)30(23)43-18-22-9-7-6-8-21(22)17-36/h6-16,29H,4-5,18H2,1-3H3/b27-15-/t29-/m0/s1. The fourth-order valence-corrected chi connectivity index (χ4v) is 7.65. The van der Waals surface area contributed by atoms with Gasteiger partial charge < -0.3 is 14.2 Å². The van der Waals surface area contributed by atoms with Crippen LogP contribution in [-0.4, -0.2) is 23.8 Å². The zero-order valence-corrected chi connectivity index (χ0v) is 28.7. The molecule has 11 heteroatoms. The van der Waals surface area contributed by atoms with Gasteiger partial charge in [0.1, 0.15) is 18.1 Å². The van der Waals surface area contributed by atoms with Gasteiger partial charge in [0.2, 0.25) is 0 Å². The highest BCUT2D eigenvalue weighted by atomic mass is 127. The molecule has 0 aliphatic carbocycles. The van der Waals surface area contributed by atoms with E-state index in [1.807, 2.05) is 61.5 Å². The molecule has 3 aromatic carbocycles. The Morgan fingerprint density at radius 2 is 1.89 bits per heavy atom. The molecule has 0 saturated heterocycles. The number of fused-ring (bicyclic) bond motifs is 1. The number of carbonyl (C=O) groups is 1. The Bertz CT molecular complexity index is 1990. The number of benzene rings is 3. The largest absolute Gasteiger partial charge is 0.494 e. The normalized spacial score (nSPS) is 14.5. The second kappa shape index (κ2) is 13.9. The van der Waals surface area contributed by atoms with Gasteiger partial charge in [0.25, 0.3) is 5.56 Å². The third-order valence-electron chi connectivity index (χ3n) is 6.86. The molecule has 1 aliphatic heterocycles. The predicted octanol–water partition coefficient (Wildman–Crippen LogP) is 6.01. The van der Waals surface area contributed by atoms with Crippen molar-refractivity contribution in [2.45, 2.75) is 33.4 Å². The molecule has 0 fully saturated rings. The number of hydrogen-bond donors (Lipinski definition) is 0. The lowest BCUT2D eigenvalue weighted by Crippen LogP contribution is -2.39. The van der Waals surface area contributed by atoms with E-state index in [-0.39, 0.29) is 18.8 Å². The molecule has 1 aromatic heterocycles. The highest BCUT2D eigenvalue weighted by molar-refractivity contribution is 14.1. The molecular weight excluding hydrogens is 757 g/mol. The van der Waals surface area contributed by atoms with Crippen LogP contribution in [0.3, 0.4) is 0 Å². The van der Waals surface area contributed by atoms with Crippen molar-refractivity contribution in [1.29, 1.82) is 5.26 Å². The van der Waals surface area contributed by atoms with Crippen LogP contribution in [0.4, 0.5) is 0 Å². The number of thiazole rings is 1. The average molecular weight is 784 g/mol. The van der Waals surface area contributed by atoms with Crippen molar-refractivity contribution in [3.05, 3.63) is 122 Å². The number of nitriles is 1. The van der Waals surface area contributed by atoms with E-state index in [4.69, 9.17) is 14.2 Å². The molecular formula is C33H27BrIN3O5S. The number of esters is 1. The van der Waals surface area contributed by atoms with Crippen molar-refractivity contribution in [3.63, 3.8) is 0 Å². The number of aromatic nitrogens is 1. The first kappa shape index (κ1) is 31.7. The van der Waals surface area contributed by atoms with Crippen LogP contribution in [0, 0.1) is 14.9 Å². The van der Waals surface area contributed by atoms with Gasteiger partial charge in [-0.25, -0.2) is 9.79 Å². The van der Waals surface area contributed by atoms with Crippen molar-refractivity contribution < 1.29 is 19.0 Å². The number of halogens is 2. The summed E-state index contributed by atoms with van der Waals surface area (Å²) in [6.45, 7) is 6.31. The third-order valence-corrected chi connectivity index (χ3v) is 9.10. The second-order valence-electron chi connectivity index (χ2n) is 9.67. The molecule has 1 atom stereocenters. The lowest BCUT2D eigenvalue weighted by Gasteiger charge is -2.24. The molecule has 0 saturated carbocycles. The molecule has 5 rings (SSSR count). The molecule has 8 nitrogen and oxygen atoms in total. The number of allylic oxidation sites excluding steroid dienone is 1. The van der Waals surface area contributed by atoms with Gasteiger partial charge in [-0.2, -0.15) is 5.26 Å². The molecule has 4 aromatic rings. The van der Waals surface area contributed by atoms with Crippen molar-refractivity contribution in [2.24, 2.45) is 4.99 Å². The van der Waals surface area contributed by atoms with Gasteiger partial charge in [-0.05, 0) is 85.3 Å². The number of rotatable bonds is 9. The van der Waals surface area contributed by atoms with E-state index in [1.54, 1.807) is 30.6 Å². The van der Waals surface area contributed by atoms with Crippen molar-refractivity contribution in [1.82, 2.24) is 4.57 Å². The van der Waals surface area contributed by atoms with Crippen LogP contribution in [-0.2, 0) is 16.1 Å². The smallest absolute Gasteiger partial charge is 0.338 e. The van der Waals surface area contributed by atoms with Crippen LogP contribution >= 0.6 is 49.9 Å². The first-order chi connectivity index (χ1) is 21.2. The molecule has 224 valence electrons. The maximum absolute atomic E-state index is 14.1. The summed E-state index contributed by atoms with van der Waals surface area (Å²) in [5.41, 5.74) is 3.23. The molecule has 0 amide bonds. The summed E-state index contributed by atoms with van der Waals surface area (Å²) in [4.78, 5) is 32.5. The summed E-state index contributed by atoms with van der Waals surface area (Å²) in [6.07, 6.45) is 1.78. The summed E-state index contributed by atoms with van der Waals surface area (Å²) in [5.74, 6) is 0.756. The molecule has 0 bridgehead atoms. The van der Waals surface area contributed by atoms with Gasteiger partial charge in [0, 0.05) is 15.6 Å². The van der Waals surface area contributed by atoms with Gasteiger partial charge in [-0.15, -0.1) is 0 Å². The predicted molar refractivity (Wildman–Crippen MR) is 180 cm³/mol. The van der Waals surface area contributed by atoms with Crippen molar-refractivity contribution >= 4 is 61.9 Å². The van der Waals surface area contributed by atoms with E-state index in [2.05, 4.69) is 49.6 Å². The average Bonchev–Trinajstić information content (AvgIpc) is 3.30. The van der Waals surface area contributed by atoms with E-state index in [1.165, 1.54) is 11.3 Å². The lowest BCUT2D eigenvalue weighted by atomic mass is 9.96. The van der Waals surface area contributed by atoms with Gasteiger partial charge in [0.05, 0.1) is 50.3 Å². The van der Waals surface area contributed by atoms with E-state index >= 15 is 0 Å². The highest BCUT2D eigenvalue weighted by Crippen LogP contribution is 2.33. The minimum absolute atomic E-state index is 0.184. The van der Waals surface area contributed by atoms with E-state index in [0.717, 1.165) is 19.2 Å². The Morgan fingerprint density at radius 3 is 2.59 bits per heavy atom. The van der Waals surface area contributed by atoms with E-state index < -0.39 is 12.0 Å². The fraction of sp³-hybridized carbons (Fsp3) is 0.212. The monoisotopic (exact) mass is 783 g/mol. The maximum Gasteiger partial charge on any atom is 0.338 e. The van der Waals surface area contributed by atoms with Gasteiger partial charge >= 0.3 is 5.97 Å². The summed E-state index contributed by atoms with van der Waals surface area (Å²) in [6, 6.07) is 19.9. The maximum atomic E-state index is 14.1. The van der Waals surface area contributed by atoms with Gasteiger partial charge in [0.15, 0.2) is 4.80 Å². The highest BCUT2D eigenvalue weighted by Gasteiger charge is 2.33. The lowest BCUT2D eigenvalue weighted by molar-refractivity contribution is -0.139. The van der Waals surface area contributed by atoms with Crippen molar-refractivity contribution in [2.75, 3.05) is 13.2 Å². The van der Waals surface area contributed by atoms with Crippen LogP contribution in [0.15, 0.2) is 86.2 Å². The number of hydrogen-bond acceptors (Lipinski definition) is 8. The Balaban J connectivity index is 1.64. The molecule has 0 spiro atoms. The number of carbonyl (C=O) groups excluding carboxylic acids is 1. The summed E-state index contributed by atoms with van der Waals surface area (Å²) in [7, 11) is 0. The Labute approximate surface area is 280 Å². The Kier molecular flexibility index (Phi) is 10.0. The van der Waals surface area contributed by atoms with Gasteiger partial charge in [-0.3, -0.25) is 9.36 Å². The van der Waals surface area contributed by atoms with Crippen LogP contribution < -0.4 is 24.4 Å². The molecule has 1 aliphatic rings. The summed E-state index contributed by atoms with van der Waals surface area (Å²) >= 11 is 7.00. The molecule has 0 N–H and O–H groups in total. The minimum atomic E-state index is -0.732. The van der Waals surface area contributed by atoms with Crippen LogP contribution in [0.5, 0.6) is 11.5 Å². The fourth-order valence-electron chi connectivity index (χ4n) is 4.91. The summed E-state index contributed by atoms with van der Waals surface area (Å²) in [5, 5.41) is 9.51. The number of ether oxygens (including phenoxy) is 3.